The molecule has 372 valence electrons. The van der Waals surface area contributed by atoms with Crippen molar-refractivity contribution in [1.29, 1.82) is 0 Å². The van der Waals surface area contributed by atoms with Gasteiger partial charge in [0.2, 0.25) is 0 Å². The molecule has 0 aliphatic heterocycles. The first kappa shape index (κ1) is 48.1. The van der Waals surface area contributed by atoms with Crippen LogP contribution in [0.25, 0.3) is 70.8 Å². The van der Waals surface area contributed by atoms with Gasteiger partial charge in [-0.05, 0) is 186 Å². The molecule has 0 atom stereocenters. The van der Waals surface area contributed by atoms with Crippen LogP contribution in [-0.2, 0) is 21.7 Å². The molecule has 75 heavy (non-hydrogen) atoms. The van der Waals surface area contributed by atoms with Crippen LogP contribution in [0.15, 0.2) is 200 Å². The second-order valence-electron chi connectivity index (χ2n) is 25.3. The average Bonchev–Trinajstić information content (AvgIpc) is 3.91. The van der Waals surface area contributed by atoms with Gasteiger partial charge in [0.15, 0.2) is 0 Å². The van der Waals surface area contributed by atoms with Gasteiger partial charge in [-0.15, -0.1) is 0 Å². The fourth-order valence-corrected chi connectivity index (χ4v) is 11.4. The lowest BCUT2D eigenvalue weighted by molar-refractivity contribution is 0.590. The molecule has 0 aliphatic carbocycles. The molecule has 0 N–H and O–H groups in total. The van der Waals surface area contributed by atoms with Gasteiger partial charge in [-0.2, -0.15) is 0 Å². The monoisotopic (exact) mass is 976 g/mol. The Bertz CT molecular complexity index is 3730. The van der Waals surface area contributed by atoms with Crippen LogP contribution in [0.3, 0.4) is 0 Å². The Hall–Kier alpha value is -7.88. The molecule has 3 nitrogen and oxygen atoms in total. The lowest BCUT2D eigenvalue weighted by Crippen LogP contribution is -2.14. The molecule has 2 heterocycles. The van der Waals surface area contributed by atoms with Gasteiger partial charge in [0.05, 0.1) is 16.6 Å². The highest BCUT2D eigenvalue weighted by molar-refractivity contribution is 6.27. The minimum atomic E-state index is 0.0568. The van der Waals surface area contributed by atoms with E-state index in [1.165, 1.54) is 93.0 Å². The molecule has 0 bridgehead atoms. The summed E-state index contributed by atoms with van der Waals surface area (Å²) in [5.74, 6) is 0. The van der Waals surface area contributed by atoms with Gasteiger partial charge >= 0.3 is 0 Å². The van der Waals surface area contributed by atoms with E-state index in [1.807, 2.05) is 0 Å². The minimum Gasteiger partial charge on any atom is -0.310 e. The zero-order chi connectivity index (χ0) is 52.3. The van der Waals surface area contributed by atoms with Crippen LogP contribution in [0.1, 0.15) is 105 Å². The van der Waals surface area contributed by atoms with Crippen molar-refractivity contribution >= 4 is 93.8 Å². The Labute approximate surface area is 444 Å². The van der Waals surface area contributed by atoms with Gasteiger partial charge in [0.25, 0.3) is 0 Å². The molecule has 3 heteroatoms. The third kappa shape index (κ3) is 8.57. The van der Waals surface area contributed by atoms with Crippen LogP contribution in [0, 0.1) is 0 Å². The maximum absolute atomic E-state index is 2.56. The minimum absolute atomic E-state index is 0.0568. The van der Waals surface area contributed by atoms with E-state index in [-0.39, 0.29) is 21.7 Å². The van der Waals surface area contributed by atoms with Crippen molar-refractivity contribution < 1.29 is 0 Å². The topological polar surface area (TPSA) is 10.9 Å². The lowest BCUT2D eigenvalue weighted by Gasteiger charge is -2.28. The lowest BCUT2D eigenvalue weighted by atomic mass is 9.86. The normalized spacial score (nSPS) is 12.8. The van der Waals surface area contributed by atoms with Gasteiger partial charge in [0.1, 0.15) is 0 Å². The number of anilines is 6. The average molecular weight is 976 g/mol. The molecule has 0 amide bonds. The van der Waals surface area contributed by atoms with Crippen molar-refractivity contribution in [3.8, 4) is 11.1 Å². The highest BCUT2D eigenvalue weighted by Gasteiger charge is 2.24. The first-order valence-electron chi connectivity index (χ1n) is 26.9. The van der Waals surface area contributed by atoms with Crippen LogP contribution in [-0.4, -0.2) is 4.40 Å². The summed E-state index contributed by atoms with van der Waals surface area (Å²) in [5, 5.41) is 9.92. The van der Waals surface area contributed by atoms with Crippen molar-refractivity contribution in [2.45, 2.75) is 105 Å². The number of aromatic nitrogens is 1. The maximum atomic E-state index is 2.56. The fraction of sp³-hybridized carbons (Fsp3) is 0.222. The van der Waals surface area contributed by atoms with Crippen LogP contribution in [0.4, 0.5) is 34.1 Å². The summed E-state index contributed by atoms with van der Waals surface area (Å²) in [6.45, 7) is 27.4. The van der Waals surface area contributed by atoms with Crippen LogP contribution in [0.2, 0.25) is 0 Å². The number of nitrogens with zero attached hydrogens (tertiary/aromatic N) is 3. The van der Waals surface area contributed by atoms with Crippen LogP contribution < -0.4 is 9.80 Å². The Morgan fingerprint density at radius 1 is 0.267 bits per heavy atom. The highest BCUT2D eigenvalue weighted by Crippen LogP contribution is 2.46. The summed E-state index contributed by atoms with van der Waals surface area (Å²) in [5.41, 5.74) is 18.5. The summed E-state index contributed by atoms with van der Waals surface area (Å²) in [6, 6.07) is 76.2. The highest BCUT2D eigenvalue weighted by atomic mass is 15.1. The van der Waals surface area contributed by atoms with E-state index in [1.54, 1.807) is 0 Å². The fourth-order valence-electron chi connectivity index (χ4n) is 11.4. The van der Waals surface area contributed by atoms with Crippen molar-refractivity contribution in [2.24, 2.45) is 0 Å². The number of hydrogen-bond donors (Lipinski definition) is 0. The quantitative estimate of drug-likeness (QED) is 0.158. The maximum Gasteiger partial charge on any atom is 0.0620 e. The molecule has 12 aromatic rings. The smallest absolute Gasteiger partial charge is 0.0620 e. The van der Waals surface area contributed by atoms with Gasteiger partial charge in [0, 0.05) is 55.7 Å². The summed E-state index contributed by atoms with van der Waals surface area (Å²) in [4.78, 5) is 4.83. The van der Waals surface area contributed by atoms with E-state index >= 15 is 0 Å². The van der Waals surface area contributed by atoms with E-state index < -0.39 is 0 Å². The van der Waals surface area contributed by atoms with Gasteiger partial charge < -0.3 is 14.2 Å². The molecule has 0 radical (unpaired) electrons. The number of fused-ring (bicyclic) bond motifs is 8. The van der Waals surface area contributed by atoms with Gasteiger partial charge in [-0.3, -0.25) is 0 Å². The Kier molecular flexibility index (Phi) is 11.1. The summed E-state index contributed by atoms with van der Waals surface area (Å²) in [6.07, 6.45) is 0. The van der Waals surface area contributed by atoms with Gasteiger partial charge in [-0.1, -0.05) is 174 Å². The summed E-state index contributed by atoms with van der Waals surface area (Å²) in [7, 11) is 0. The second-order valence-corrected chi connectivity index (χ2v) is 25.3. The molecule has 0 spiro atoms. The third-order valence-corrected chi connectivity index (χ3v) is 15.9. The standard InChI is InChI=1S/C72H69N3/c1-69(2,3)52-20-30-56(31-21-52)73(57-32-22-53(23-33-57)70(4,5)6)60-28-18-47-40-62-64-42-51(46-16-14-13-15-17-46)43-65-63-41-48-19-29-61(39-50(48)45-67(63)75(68(64)65)66(62)44-49(47)38-60)74(58-34-24-54(25-35-58)71(7,8)9)59-36-26-55(27-37-59)72(10,11)12/h13-45H,1-12H3. The number of rotatable bonds is 7. The first-order valence-corrected chi connectivity index (χ1v) is 26.9. The van der Waals surface area contributed by atoms with E-state index in [2.05, 4.69) is 297 Å². The zero-order valence-corrected chi connectivity index (χ0v) is 45.9. The van der Waals surface area contributed by atoms with E-state index in [9.17, 15) is 0 Å². The molecule has 10 aromatic carbocycles. The Morgan fingerprint density at radius 2 is 0.587 bits per heavy atom. The predicted molar refractivity (Wildman–Crippen MR) is 326 cm³/mol. The second kappa shape index (κ2) is 17.4. The van der Waals surface area contributed by atoms with Gasteiger partial charge in [-0.25, -0.2) is 0 Å². The first-order chi connectivity index (χ1) is 35.7. The molecule has 0 saturated heterocycles. The molecular formula is C72H69N3. The summed E-state index contributed by atoms with van der Waals surface area (Å²) < 4.78 is 2.56. The number of benzene rings is 10. The summed E-state index contributed by atoms with van der Waals surface area (Å²) >= 11 is 0. The van der Waals surface area contributed by atoms with Crippen molar-refractivity contribution in [1.82, 2.24) is 4.40 Å². The van der Waals surface area contributed by atoms with Crippen molar-refractivity contribution in [3.05, 3.63) is 222 Å². The molecule has 0 aliphatic rings. The van der Waals surface area contributed by atoms with E-state index in [0.717, 1.165) is 34.1 Å². The largest absolute Gasteiger partial charge is 0.310 e. The SMILES string of the molecule is CC(C)(C)c1ccc(N(c2ccc(C(C)(C)C)cc2)c2ccc3cc4c5cc(-c6ccccc6)cc6c7cc8ccc(N(c9ccc(C(C)(C)C)cc9)c9ccc(C(C)(C)C)cc9)cc8cc7n(c4cc3c2)c56)cc1. The Morgan fingerprint density at radius 3 is 0.907 bits per heavy atom. The van der Waals surface area contributed by atoms with E-state index in [4.69, 9.17) is 0 Å². The molecule has 12 rings (SSSR count). The molecule has 0 unspecified atom stereocenters. The molecule has 2 aromatic heterocycles. The molecular weight excluding hydrogens is 907 g/mol. The van der Waals surface area contributed by atoms with Crippen molar-refractivity contribution in [2.75, 3.05) is 9.80 Å². The Balaban J connectivity index is 1.07. The van der Waals surface area contributed by atoms with Crippen molar-refractivity contribution in [3.63, 3.8) is 0 Å². The van der Waals surface area contributed by atoms with Crippen LogP contribution in [0.5, 0.6) is 0 Å². The number of hydrogen-bond acceptors (Lipinski definition) is 2. The molecule has 0 fully saturated rings. The van der Waals surface area contributed by atoms with Crippen LogP contribution >= 0.6 is 0 Å². The predicted octanol–water partition coefficient (Wildman–Crippen LogP) is 20.9. The third-order valence-electron chi connectivity index (χ3n) is 15.9. The molecule has 0 saturated carbocycles. The van der Waals surface area contributed by atoms with E-state index in [0.29, 0.717) is 0 Å². The zero-order valence-electron chi connectivity index (χ0n) is 45.9.